The molecule has 100 valence electrons. The molecule has 0 saturated heterocycles. The van der Waals surface area contributed by atoms with Crippen molar-refractivity contribution in [2.45, 2.75) is 29.8 Å². The number of aromatic nitrogens is 2. The molecule has 0 fully saturated rings. The average Bonchev–Trinajstić information content (AvgIpc) is 2.39. The van der Waals surface area contributed by atoms with Gasteiger partial charge in [-0.15, -0.1) is 0 Å². The Morgan fingerprint density at radius 2 is 2.16 bits per heavy atom. The summed E-state index contributed by atoms with van der Waals surface area (Å²) in [7, 11) is 0. The van der Waals surface area contributed by atoms with E-state index in [1.807, 2.05) is 6.07 Å². The van der Waals surface area contributed by atoms with Gasteiger partial charge in [0.1, 0.15) is 10.8 Å². The number of benzene rings is 1. The molecule has 0 aliphatic heterocycles. The SMILES string of the molecule is CCCNCc1cc(F)cc(Sc2cnccn2)c1. The lowest BCUT2D eigenvalue weighted by atomic mass is 10.2. The topological polar surface area (TPSA) is 37.8 Å². The zero-order valence-corrected chi connectivity index (χ0v) is 11.6. The van der Waals surface area contributed by atoms with Crippen molar-refractivity contribution in [3.8, 4) is 0 Å². The minimum Gasteiger partial charge on any atom is -0.313 e. The molecule has 0 unspecified atom stereocenters. The van der Waals surface area contributed by atoms with E-state index in [-0.39, 0.29) is 5.82 Å². The van der Waals surface area contributed by atoms with Crippen molar-refractivity contribution in [1.82, 2.24) is 15.3 Å². The van der Waals surface area contributed by atoms with Crippen LogP contribution in [0, 0.1) is 5.82 Å². The van der Waals surface area contributed by atoms with E-state index in [4.69, 9.17) is 0 Å². The summed E-state index contributed by atoms with van der Waals surface area (Å²) in [4.78, 5) is 9.01. The van der Waals surface area contributed by atoms with Crippen molar-refractivity contribution in [2.24, 2.45) is 0 Å². The summed E-state index contributed by atoms with van der Waals surface area (Å²) in [6.07, 6.45) is 5.99. The van der Waals surface area contributed by atoms with Crippen LogP contribution in [0.4, 0.5) is 4.39 Å². The van der Waals surface area contributed by atoms with Gasteiger partial charge in [-0.2, -0.15) is 0 Å². The van der Waals surface area contributed by atoms with Crippen LogP contribution in [0.1, 0.15) is 18.9 Å². The zero-order valence-electron chi connectivity index (χ0n) is 10.8. The van der Waals surface area contributed by atoms with E-state index in [1.165, 1.54) is 17.8 Å². The van der Waals surface area contributed by atoms with Gasteiger partial charge in [0.2, 0.25) is 0 Å². The van der Waals surface area contributed by atoms with Gasteiger partial charge in [-0.3, -0.25) is 4.98 Å². The van der Waals surface area contributed by atoms with Crippen LogP contribution in [-0.4, -0.2) is 16.5 Å². The molecule has 1 N–H and O–H groups in total. The second-order valence-electron chi connectivity index (χ2n) is 4.12. The lowest BCUT2D eigenvalue weighted by molar-refractivity contribution is 0.615. The molecular formula is C14H16FN3S. The second kappa shape index (κ2) is 7.21. The molecule has 0 aliphatic carbocycles. The number of nitrogens with zero attached hydrogens (tertiary/aromatic N) is 2. The number of halogens is 1. The van der Waals surface area contributed by atoms with Gasteiger partial charge in [0, 0.05) is 23.8 Å². The van der Waals surface area contributed by atoms with Crippen molar-refractivity contribution < 1.29 is 4.39 Å². The predicted molar refractivity (Wildman–Crippen MR) is 74.6 cm³/mol. The van der Waals surface area contributed by atoms with Gasteiger partial charge < -0.3 is 5.32 Å². The van der Waals surface area contributed by atoms with E-state index < -0.39 is 0 Å². The molecule has 1 heterocycles. The summed E-state index contributed by atoms with van der Waals surface area (Å²) in [5.74, 6) is -0.220. The normalized spacial score (nSPS) is 10.6. The molecule has 2 rings (SSSR count). The van der Waals surface area contributed by atoms with Gasteiger partial charge in [0.05, 0.1) is 6.20 Å². The van der Waals surface area contributed by atoms with Crippen LogP contribution in [0.25, 0.3) is 0 Å². The highest BCUT2D eigenvalue weighted by Crippen LogP contribution is 2.26. The van der Waals surface area contributed by atoms with Crippen LogP contribution >= 0.6 is 11.8 Å². The smallest absolute Gasteiger partial charge is 0.124 e. The summed E-state index contributed by atoms with van der Waals surface area (Å²) in [5.41, 5.74) is 0.944. The Labute approximate surface area is 116 Å². The maximum atomic E-state index is 13.6. The number of nitrogens with one attached hydrogen (secondary N) is 1. The molecule has 0 atom stereocenters. The molecule has 1 aromatic carbocycles. The first-order valence-electron chi connectivity index (χ1n) is 6.22. The Balaban J connectivity index is 2.08. The van der Waals surface area contributed by atoms with Crippen molar-refractivity contribution in [3.63, 3.8) is 0 Å². The van der Waals surface area contributed by atoms with Crippen LogP contribution in [0.5, 0.6) is 0 Å². The van der Waals surface area contributed by atoms with Crippen molar-refractivity contribution in [3.05, 3.63) is 48.2 Å². The third kappa shape index (κ3) is 4.61. The highest BCUT2D eigenvalue weighted by atomic mass is 32.2. The van der Waals surface area contributed by atoms with Gasteiger partial charge in [-0.1, -0.05) is 18.7 Å². The standard InChI is InChI=1S/C14H16FN3S/c1-2-3-16-9-11-6-12(15)8-13(7-11)19-14-10-17-4-5-18-14/h4-8,10,16H,2-3,9H2,1H3. The molecule has 0 amide bonds. The molecular weight excluding hydrogens is 261 g/mol. The quantitative estimate of drug-likeness (QED) is 0.822. The molecule has 5 heteroatoms. The lowest BCUT2D eigenvalue weighted by Gasteiger charge is -2.06. The van der Waals surface area contributed by atoms with Crippen molar-refractivity contribution in [2.75, 3.05) is 6.54 Å². The van der Waals surface area contributed by atoms with Crippen LogP contribution in [0.3, 0.4) is 0 Å². The summed E-state index contributed by atoms with van der Waals surface area (Å²) in [5, 5.41) is 4.03. The maximum absolute atomic E-state index is 13.6. The highest BCUT2D eigenvalue weighted by molar-refractivity contribution is 7.99. The molecule has 0 saturated carbocycles. The number of hydrogen-bond acceptors (Lipinski definition) is 4. The molecule has 0 aliphatic rings. The Morgan fingerprint density at radius 3 is 2.89 bits per heavy atom. The zero-order chi connectivity index (χ0) is 13.5. The molecule has 2 aromatic rings. The fraction of sp³-hybridized carbons (Fsp3) is 0.286. The van der Waals surface area contributed by atoms with E-state index in [0.717, 1.165) is 28.5 Å². The molecule has 0 radical (unpaired) electrons. The van der Waals surface area contributed by atoms with Crippen LogP contribution in [-0.2, 0) is 6.54 Å². The summed E-state index contributed by atoms with van der Waals surface area (Å²) < 4.78 is 13.6. The van der Waals surface area contributed by atoms with Gasteiger partial charge in [0.25, 0.3) is 0 Å². The van der Waals surface area contributed by atoms with Gasteiger partial charge >= 0.3 is 0 Å². The third-order valence-electron chi connectivity index (χ3n) is 2.45. The first-order chi connectivity index (χ1) is 9.28. The van der Waals surface area contributed by atoms with E-state index in [1.54, 1.807) is 24.7 Å². The largest absolute Gasteiger partial charge is 0.313 e. The number of hydrogen-bond donors (Lipinski definition) is 1. The first-order valence-corrected chi connectivity index (χ1v) is 7.03. The summed E-state index contributed by atoms with van der Waals surface area (Å²) in [6, 6.07) is 5.05. The van der Waals surface area contributed by atoms with Gasteiger partial charge in [-0.05, 0) is 36.7 Å². The van der Waals surface area contributed by atoms with E-state index in [0.29, 0.717) is 6.54 Å². The minimum atomic E-state index is -0.220. The fourth-order valence-electron chi connectivity index (χ4n) is 1.65. The summed E-state index contributed by atoms with van der Waals surface area (Å²) >= 11 is 1.41. The Bertz CT molecular complexity index is 519. The van der Waals surface area contributed by atoms with E-state index in [2.05, 4.69) is 22.2 Å². The van der Waals surface area contributed by atoms with Gasteiger partial charge in [-0.25, -0.2) is 9.37 Å². The average molecular weight is 277 g/mol. The molecule has 0 bridgehead atoms. The maximum Gasteiger partial charge on any atom is 0.124 e. The third-order valence-corrected chi connectivity index (χ3v) is 3.34. The van der Waals surface area contributed by atoms with Crippen molar-refractivity contribution in [1.29, 1.82) is 0 Å². The Hall–Kier alpha value is -1.46. The summed E-state index contributed by atoms with van der Waals surface area (Å²) in [6.45, 7) is 3.72. The molecule has 19 heavy (non-hydrogen) atoms. The van der Waals surface area contributed by atoms with E-state index in [9.17, 15) is 4.39 Å². The first kappa shape index (κ1) is 14.0. The number of rotatable bonds is 6. The highest BCUT2D eigenvalue weighted by Gasteiger charge is 2.04. The second-order valence-corrected chi connectivity index (χ2v) is 5.21. The molecule has 0 spiro atoms. The lowest BCUT2D eigenvalue weighted by Crippen LogP contribution is -2.13. The monoisotopic (exact) mass is 277 g/mol. The van der Waals surface area contributed by atoms with Crippen LogP contribution < -0.4 is 5.32 Å². The molecule has 3 nitrogen and oxygen atoms in total. The fourth-order valence-corrected chi connectivity index (χ4v) is 2.50. The molecule has 1 aromatic heterocycles. The van der Waals surface area contributed by atoms with Crippen LogP contribution in [0.15, 0.2) is 46.7 Å². The van der Waals surface area contributed by atoms with E-state index >= 15 is 0 Å². The Kier molecular flexibility index (Phi) is 5.30. The van der Waals surface area contributed by atoms with Crippen LogP contribution in [0.2, 0.25) is 0 Å². The van der Waals surface area contributed by atoms with Crippen molar-refractivity contribution >= 4 is 11.8 Å². The Morgan fingerprint density at radius 1 is 1.26 bits per heavy atom. The predicted octanol–water partition coefficient (Wildman–Crippen LogP) is 3.27. The van der Waals surface area contributed by atoms with Gasteiger partial charge in [0.15, 0.2) is 0 Å². The minimum absolute atomic E-state index is 0.220.